The molecule has 0 amide bonds. The van der Waals surface area contributed by atoms with Crippen LogP contribution in [0.4, 0.5) is 0 Å². The van der Waals surface area contributed by atoms with Crippen molar-refractivity contribution < 1.29 is 0 Å². The molecule has 1 aromatic carbocycles. The summed E-state index contributed by atoms with van der Waals surface area (Å²) in [6, 6.07) is 6.60. The summed E-state index contributed by atoms with van der Waals surface area (Å²) in [5, 5.41) is 4.44. The molecule has 0 aliphatic rings. The third-order valence-corrected chi connectivity index (χ3v) is 3.88. The minimum atomic E-state index is 0.411. The zero-order chi connectivity index (χ0) is 14.3. The number of benzene rings is 1. The molecule has 1 rings (SSSR count). The molecule has 1 unspecified atom stereocenters. The Labute approximate surface area is 131 Å². The zero-order valence-electron chi connectivity index (χ0n) is 12.2. The largest absolute Gasteiger partial charge is 0.310 e. The van der Waals surface area contributed by atoms with Crippen molar-refractivity contribution in [2.24, 2.45) is 5.92 Å². The number of halogens is 2. The van der Waals surface area contributed by atoms with Gasteiger partial charge in [-0.3, -0.25) is 0 Å². The van der Waals surface area contributed by atoms with Crippen molar-refractivity contribution in [3.8, 4) is 0 Å². The summed E-state index contributed by atoms with van der Waals surface area (Å²) in [5.74, 6) is 0.776. The molecule has 0 heterocycles. The van der Waals surface area contributed by atoms with Crippen LogP contribution in [0, 0.1) is 5.92 Å². The van der Waals surface area contributed by atoms with Gasteiger partial charge in [-0.2, -0.15) is 0 Å². The predicted molar refractivity (Wildman–Crippen MR) is 88.9 cm³/mol. The molecule has 0 fully saturated rings. The van der Waals surface area contributed by atoms with E-state index in [2.05, 4.69) is 54.2 Å². The molecule has 19 heavy (non-hydrogen) atoms. The summed E-state index contributed by atoms with van der Waals surface area (Å²) < 4.78 is 1.06. The molecule has 0 aromatic heterocycles. The Morgan fingerprint density at radius 1 is 1.21 bits per heavy atom. The summed E-state index contributed by atoms with van der Waals surface area (Å²) in [5.41, 5.74) is 1.29. The fraction of sp³-hybridized carbons (Fsp3) is 0.625. The molecule has 1 nitrogen and oxygen atoms in total. The highest BCUT2D eigenvalue weighted by Gasteiger charge is 2.12. The molecule has 0 bridgehead atoms. The van der Waals surface area contributed by atoms with Gasteiger partial charge in [-0.15, -0.1) is 0 Å². The van der Waals surface area contributed by atoms with Gasteiger partial charge in [0.1, 0.15) is 0 Å². The van der Waals surface area contributed by atoms with Gasteiger partial charge in [-0.05, 0) is 49.1 Å². The third-order valence-electron chi connectivity index (χ3n) is 3.20. The van der Waals surface area contributed by atoms with Crippen LogP contribution in [-0.2, 0) is 0 Å². The molecule has 1 N–H and O–H groups in total. The van der Waals surface area contributed by atoms with Crippen LogP contribution in [0.3, 0.4) is 0 Å². The second-order valence-electron chi connectivity index (χ2n) is 5.53. The van der Waals surface area contributed by atoms with E-state index < -0.39 is 0 Å². The van der Waals surface area contributed by atoms with Crippen molar-refractivity contribution in [3.05, 3.63) is 33.3 Å². The Bertz CT molecular complexity index is 359. The maximum atomic E-state index is 6.15. The lowest BCUT2D eigenvalue weighted by molar-refractivity contribution is 0.447. The van der Waals surface area contributed by atoms with Crippen molar-refractivity contribution in [1.82, 2.24) is 5.32 Å². The minimum Gasteiger partial charge on any atom is -0.310 e. The number of rotatable bonds is 8. The van der Waals surface area contributed by atoms with E-state index in [1.54, 1.807) is 0 Å². The summed E-state index contributed by atoms with van der Waals surface area (Å²) in [6.07, 6.45) is 4.86. The standard InChI is InChI=1S/C16H25BrClN/c1-4-8-19-16(7-5-6-12(2)3)13-9-14(17)11-15(18)10-13/h9-12,16,19H,4-8H2,1-3H3. The first-order chi connectivity index (χ1) is 9.02. The van der Waals surface area contributed by atoms with Crippen LogP contribution in [0.15, 0.2) is 22.7 Å². The molecule has 1 aromatic rings. The van der Waals surface area contributed by atoms with E-state index in [4.69, 9.17) is 11.6 Å². The predicted octanol–water partition coefficient (Wildman–Crippen LogP) is 5.97. The first-order valence-corrected chi connectivity index (χ1v) is 8.39. The van der Waals surface area contributed by atoms with E-state index in [0.29, 0.717) is 6.04 Å². The Morgan fingerprint density at radius 3 is 2.53 bits per heavy atom. The lowest BCUT2D eigenvalue weighted by atomic mass is 9.98. The Balaban J connectivity index is 2.71. The topological polar surface area (TPSA) is 12.0 Å². The molecular formula is C16H25BrClN. The molecule has 108 valence electrons. The fourth-order valence-corrected chi connectivity index (χ4v) is 3.10. The first-order valence-electron chi connectivity index (χ1n) is 7.22. The van der Waals surface area contributed by atoms with Gasteiger partial charge in [-0.25, -0.2) is 0 Å². The van der Waals surface area contributed by atoms with Gasteiger partial charge in [0.05, 0.1) is 0 Å². The minimum absolute atomic E-state index is 0.411. The Morgan fingerprint density at radius 2 is 1.95 bits per heavy atom. The molecular weight excluding hydrogens is 322 g/mol. The quantitative estimate of drug-likeness (QED) is 0.611. The second-order valence-corrected chi connectivity index (χ2v) is 6.89. The highest BCUT2D eigenvalue weighted by atomic mass is 79.9. The van der Waals surface area contributed by atoms with Gasteiger partial charge >= 0.3 is 0 Å². The average molecular weight is 347 g/mol. The van der Waals surface area contributed by atoms with E-state index in [-0.39, 0.29) is 0 Å². The first kappa shape index (κ1) is 17.0. The lowest BCUT2D eigenvalue weighted by Crippen LogP contribution is -2.22. The summed E-state index contributed by atoms with van der Waals surface area (Å²) >= 11 is 9.68. The van der Waals surface area contributed by atoms with Gasteiger partial charge in [0.2, 0.25) is 0 Å². The zero-order valence-corrected chi connectivity index (χ0v) is 14.5. The molecule has 0 radical (unpaired) electrons. The number of hydrogen-bond donors (Lipinski definition) is 1. The molecule has 0 aliphatic carbocycles. The van der Waals surface area contributed by atoms with Crippen molar-refractivity contribution in [1.29, 1.82) is 0 Å². The van der Waals surface area contributed by atoms with Gasteiger partial charge in [0.15, 0.2) is 0 Å². The smallest absolute Gasteiger partial charge is 0.0420 e. The van der Waals surface area contributed by atoms with E-state index in [0.717, 1.165) is 28.4 Å². The summed E-state index contributed by atoms with van der Waals surface area (Å²) in [7, 11) is 0. The fourth-order valence-electron chi connectivity index (χ4n) is 2.21. The van der Waals surface area contributed by atoms with Crippen LogP contribution in [0.1, 0.15) is 58.1 Å². The van der Waals surface area contributed by atoms with Crippen LogP contribution < -0.4 is 5.32 Å². The normalized spacial score (nSPS) is 12.9. The summed E-state index contributed by atoms with van der Waals surface area (Å²) in [4.78, 5) is 0. The Hall–Kier alpha value is -0.0500. The monoisotopic (exact) mass is 345 g/mol. The molecule has 0 aliphatic heterocycles. The third kappa shape index (κ3) is 6.78. The van der Waals surface area contributed by atoms with Gasteiger partial charge in [0, 0.05) is 15.5 Å². The SMILES string of the molecule is CCCNC(CCCC(C)C)c1cc(Cl)cc(Br)c1. The van der Waals surface area contributed by atoms with Crippen molar-refractivity contribution in [2.45, 2.75) is 52.5 Å². The number of hydrogen-bond acceptors (Lipinski definition) is 1. The van der Waals surface area contributed by atoms with E-state index in [1.165, 1.54) is 24.8 Å². The molecule has 1 atom stereocenters. The van der Waals surface area contributed by atoms with Gasteiger partial charge < -0.3 is 5.32 Å². The van der Waals surface area contributed by atoms with Crippen LogP contribution in [0.25, 0.3) is 0 Å². The number of nitrogens with one attached hydrogen (secondary N) is 1. The lowest BCUT2D eigenvalue weighted by Gasteiger charge is -2.20. The molecule has 0 saturated heterocycles. The average Bonchev–Trinajstić information content (AvgIpc) is 2.31. The molecule has 0 saturated carbocycles. The van der Waals surface area contributed by atoms with Crippen LogP contribution in [0.2, 0.25) is 5.02 Å². The van der Waals surface area contributed by atoms with Gasteiger partial charge in [0.25, 0.3) is 0 Å². The molecule has 0 spiro atoms. The van der Waals surface area contributed by atoms with Gasteiger partial charge in [-0.1, -0.05) is 61.1 Å². The second kappa shape index (κ2) is 8.99. The van der Waals surface area contributed by atoms with Crippen LogP contribution >= 0.6 is 27.5 Å². The van der Waals surface area contributed by atoms with Crippen molar-refractivity contribution >= 4 is 27.5 Å². The highest BCUT2D eigenvalue weighted by molar-refractivity contribution is 9.10. The van der Waals surface area contributed by atoms with E-state index in [9.17, 15) is 0 Å². The van der Waals surface area contributed by atoms with E-state index >= 15 is 0 Å². The summed E-state index contributed by atoms with van der Waals surface area (Å²) in [6.45, 7) is 7.82. The maximum Gasteiger partial charge on any atom is 0.0420 e. The van der Waals surface area contributed by atoms with Crippen molar-refractivity contribution in [2.75, 3.05) is 6.54 Å². The molecule has 3 heteroatoms. The maximum absolute atomic E-state index is 6.15. The van der Waals surface area contributed by atoms with Crippen LogP contribution in [0.5, 0.6) is 0 Å². The van der Waals surface area contributed by atoms with Crippen LogP contribution in [-0.4, -0.2) is 6.54 Å². The highest BCUT2D eigenvalue weighted by Crippen LogP contribution is 2.27. The van der Waals surface area contributed by atoms with E-state index in [1.807, 2.05) is 6.07 Å². The van der Waals surface area contributed by atoms with Crippen molar-refractivity contribution in [3.63, 3.8) is 0 Å². The Kier molecular flexibility index (Phi) is 8.05.